The fourth-order valence-electron chi connectivity index (χ4n) is 1.82. The summed E-state index contributed by atoms with van der Waals surface area (Å²) in [4.78, 5) is 23.8. The summed E-state index contributed by atoms with van der Waals surface area (Å²) in [6.45, 7) is 8.74. The number of rotatable bonds is 6. The molecule has 0 saturated heterocycles. The van der Waals surface area contributed by atoms with Crippen LogP contribution in [0.3, 0.4) is 0 Å². The van der Waals surface area contributed by atoms with Crippen LogP contribution >= 0.6 is 0 Å². The van der Waals surface area contributed by atoms with Gasteiger partial charge in [-0.1, -0.05) is 13.8 Å². The van der Waals surface area contributed by atoms with Crippen LogP contribution in [0, 0.1) is 5.92 Å². The summed E-state index contributed by atoms with van der Waals surface area (Å²) >= 11 is 0. The molecule has 5 heteroatoms. The van der Waals surface area contributed by atoms with Gasteiger partial charge in [-0.15, -0.1) is 0 Å². The molecule has 0 aliphatic heterocycles. The zero-order valence-electron chi connectivity index (χ0n) is 11.9. The van der Waals surface area contributed by atoms with E-state index < -0.39 is 11.9 Å². The largest absolute Gasteiger partial charge is 0.462 e. The predicted molar refractivity (Wildman–Crippen MR) is 71.2 cm³/mol. The second-order valence-electron chi connectivity index (χ2n) is 4.57. The molecule has 1 aromatic rings. The quantitative estimate of drug-likeness (QED) is 0.743. The van der Waals surface area contributed by atoms with Crippen molar-refractivity contribution in [1.29, 1.82) is 0 Å². The number of nitrogens with zero attached hydrogens (tertiary/aromatic N) is 1. The molecule has 5 nitrogen and oxygen atoms in total. The van der Waals surface area contributed by atoms with Gasteiger partial charge in [0.05, 0.1) is 18.8 Å². The molecule has 106 valence electrons. The highest BCUT2D eigenvalue weighted by atomic mass is 16.5. The zero-order valence-corrected chi connectivity index (χ0v) is 11.9. The maximum absolute atomic E-state index is 12.0. The molecule has 1 rings (SSSR count). The van der Waals surface area contributed by atoms with Gasteiger partial charge in [0, 0.05) is 12.7 Å². The Labute approximate surface area is 113 Å². The maximum atomic E-state index is 12.0. The first-order chi connectivity index (χ1) is 9.01. The van der Waals surface area contributed by atoms with E-state index in [1.807, 2.05) is 13.8 Å². The van der Waals surface area contributed by atoms with E-state index >= 15 is 0 Å². The molecule has 0 amide bonds. The number of carbonyl (C=O) groups is 2. The van der Waals surface area contributed by atoms with Crippen molar-refractivity contribution in [3.05, 3.63) is 23.5 Å². The lowest BCUT2D eigenvalue weighted by Crippen LogP contribution is -2.18. The van der Waals surface area contributed by atoms with E-state index in [4.69, 9.17) is 9.47 Å². The Morgan fingerprint density at radius 1 is 1.16 bits per heavy atom. The topological polar surface area (TPSA) is 57.5 Å². The van der Waals surface area contributed by atoms with Gasteiger partial charge in [-0.2, -0.15) is 0 Å². The number of carbonyl (C=O) groups excluding carboxylic acids is 2. The van der Waals surface area contributed by atoms with E-state index in [0.29, 0.717) is 12.5 Å². The normalized spacial score (nSPS) is 10.6. The number of ether oxygens (including phenoxy) is 2. The van der Waals surface area contributed by atoms with Gasteiger partial charge < -0.3 is 14.0 Å². The van der Waals surface area contributed by atoms with Crippen molar-refractivity contribution in [1.82, 2.24) is 4.57 Å². The van der Waals surface area contributed by atoms with Crippen molar-refractivity contribution in [3.8, 4) is 0 Å². The van der Waals surface area contributed by atoms with Gasteiger partial charge in [0.2, 0.25) is 0 Å². The van der Waals surface area contributed by atoms with Crippen LogP contribution < -0.4 is 0 Å². The highest BCUT2D eigenvalue weighted by Crippen LogP contribution is 2.16. The molecule has 0 aliphatic rings. The maximum Gasteiger partial charge on any atom is 0.355 e. The minimum Gasteiger partial charge on any atom is -0.462 e. The standard InChI is InChI=1S/C14H21NO4/c1-5-18-13(16)11-7-8-15(9-10(3)4)12(11)14(17)19-6-2/h7-8,10H,5-6,9H2,1-4H3. The van der Waals surface area contributed by atoms with E-state index in [-0.39, 0.29) is 24.5 Å². The van der Waals surface area contributed by atoms with Crippen LogP contribution in [0.15, 0.2) is 12.3 Å². The molecule has 0 N–H and O–H groups in total. The van der Waals surface area contributed by atoms with Crippen LogP contribution in [0.1, 0.15) is 48.5 Å². The molecule has 0 fully saturated rings. The molecule has 0 spiro atoms. The fourth-order valence-corrected chi connectivity index (χ4v) is 1.82. The lowest BCUT2D eigenvalue weighted by molar-refractivity contribution is 0.0470. The third-order valence-corrected chi connectivity index (χ3v) is 2.49. The Morgan fingerprint density at radius 2 is 1.74 bits per heavy atom. The second-order valence-corrected chi connectivity index (χ2v) is 4.57. The van der Waals surface area contributed by atoms with Gasteiger partial charge in [0.25, 0.3) is 0 Å². The van der Waals surface area contributed by atoms with Crippen molar-refractivity contribution < 1.29 is 19.1 Å². The summed E-state index contributed by atoms with van der Waals surface area (Å²) in [6, 6.07) is 1.60. The molecule has 0 unspecified atom stereocenters. The molecule has 19 heavy (non-hydrogen) atoms. The van der Waals surface area contributed by atoms with Crippen molar-refractivity contribution in [2.24, 2.45) is 5.92 Å². The first kappa shape index (κ1) is 15.3. The van der Waals surface area contributed by atoms with Gasteiger partial charge in [-0.25, -0.2) is 9.59 Å². The molecule has 1 aromatic heterocycles. The van der Waals surface area contributed by atoms with Gasteiger partial charge in [0.1, 0.15) is 5.69 Å². The minimum absolute atomic E-state index is 0.265. The van der Waals surface area contributed by atoms with Crippen LogP contribution in [-0.2, 0) is 16.0 Å². The molecule has 0 aromatic carbocycles. The van der Waals surface area contributed by atoms with E-state index in [0.717, 1.165) is 0 Å². The SMILES string of the molecule is CCOC(=O)c1ccn(CC(C)C)c1C(=O)OCC. The summed E-state index contributed by atoms with van der Waals surface area (Å²) in [5.41, 5.74) is 0.537. The van der Waals surface area contributed by atoms with Crippen LogP contribution in [0.2, 0.25) is 0 Å². The summed E-state index contributed by atoms with van der Waals surface area (Å²) in [5.74, 6) is -0.625. The number of aromatic nitrogens is 1. The Bertz CT molecular complexity index is 448. The molecular weight excluding hydrogens is 246 g/mol. The van der Waals surface area contributed by atoms with Crippen LogP contribution in [0.4, 0.5) is 0 Å². The van der Waals surface area contributed by atoms with Crippen molar-refractivity contribution in [2.75, 3.05) is 13.2 Å². The summed E-state index contributed by atoms with van der Waals surface area (Å²) < 4.78 is 11.7. The van der Waals surface area contributed by atoms with E-state index in [1.54, 1.807) is 30.7 Å². The number of hydrogen-bond donors (Lipinski definition) is 0. The fraction of sp³-hybridized carbons (Fsp3) is 0.571. The minimum atomic E-state index is -0.493. The zero-order chi connectivity index (χ0) is 14.4. The Morgan fingerprint density at radius 3 is 2.26 bits per heavy atom. The molecule has 1 heterocycles. The number of esters is 2. The lowest BCUT2D eigenvalue weighted by atomic mass is 10.2. The highest BCUT2D eigenvalue weighted by Gasteiger charge is 2.24. The van der Waals surface area contributed by atoms with Crippen molar-refractivity contribution in [2.45, 2.75) is 34.2 Å². The third kappa shape index (κ3) is 3.84. The van der Waals surface area contributed by atoms with E-state index in [2.05, 4.69) is 0 Å². The Balaban J connectivity index is 3.13. The third-order valence-electron chi connectivity index (χ3n) is 2.49. The first-order valence-electron chi connectivity index (χ1n) is 6.54. The van der Waals surface area contributed by atoms with Crippen LogP contribution in [0.25, 0.3) is 0 Å². The first-order valence-corrected chi connectivity index (χ1v) is 6.54. The number of hydrogen-bond acceptors (Lipinski definition) is 4. The predicted octanol–water partition coefficient (Wildman–Crippen LogP) is 2.50. The van der Waals surface area contributed by atoms with Gasteiger partial charge in [-0.05, 0) is 25.8 Å². The molecule has 0 aliphatic carbocycles. The lowest BCUT2D eigenvalue weighted by Gasteiger charge is -2.12. The monoisotopic (exact) mass is 267 g/mol. The van der Waals surface area contributed by atoms with Crippen molar-refractivity contribution in [3.63, 3.8) is 0 Å². The van der Waals surface area contributed by atoms with E-state index in [1.165, 1.54) is 0 Å². The average molecular weight is 267 g/mol. The van der Waals surface area contributed by atoms with Gasteiger partial charge >= 0.3 is 11.9 Å². The summed E-state index contributed by atoms with van der Waals surface area (Å²) in [7, 11) is 0. The van der Waals surface area contributed by atoms with Gasteiger partial charge in [0.15, 0.2) is 0 Å². The molecular formula is C14H21NO4. The van der Waals surface area contributed by atoms with Gasteiger partial charge in [-0.3, -0.25) is 0 Å². The molecule has 0 atom stereocenters. The van der Waals surface area contributed by atoms with Crippen LogP contribution in [-0.4, -0.2) is 29.7 Å². The molecule has 0 bridgehead atoms. The highest BCUT2D eigenvalue weighted by molar-refractivity contribution is 6.02. The van der Waals surface area contributed by atoms with Crippen LogP contribution in [0.5, 0.6) is 0 Å². The molecule has 0 saturated carbocycles. The van der Waals surface area contributed by atoms with E-state index in [9.17, 15) is 9.59 Å². The second kappa shape index (κ2) is 6.97. The average Bonchev–Trinajstić information content (AvgIpc) is 2.72. The Kier molecular flexibility index (Phi) is 5.60. The van der Waals surface area contributed by atoms with Crippen molar-refractivity contribution >= 4 is 11.9 Å². The Hall–Kier alpha value is -1.78. The summed E-state index contributed by atoms with van der Waals surface area (Å²) in [6.07, 6.45) is 1.72. The smallest absolute Gasteiger partial charge is 0.355 e. The molecule has 0 radical (unpaired) electrons. The summed E-state index contributed by atoms with van der Waals surface area (Å²) in [5, 5.41) is 0.